The van der Waals surface area contributed by atoms with E-state index < -0.39 is 0 Å². The van der Waals surface area contributed by atoms with Crippen molar-refractivity contribution in [3.05, 3.63) is 96.5 Å². The first-order valence-corrected chi connectivity index (χ1v) is 8.90. The number of aromatic amines is 1. The van der Waals surface area contributed by atoms with Crippen molar-refractivity contribution in [2.45, 2.75) is 6.42 Å². The number of H-pyrrole nitrogens is 1. The van der Waals surface area contributed by atoms with Gasteiger partial charge in [0.05, 0.1) is 6.42 Å². The SMILES string of the molecule is c1ccc(-c2ccc(-c3nnc(Cc4c[nH]c5ccccc45)o3)cc2)cc1. The molecule has 0 atom stereocenters. The second-order valence-electron chi connectivity index (χ2n) is 6.48. The largest absolute Gasteiger partial charge is 0.420 e. The Labute approximate surface area is 156 Å². The zero-order chi connectivity index (χ0) is 18.1. The molecule has 0 fully saturated rings. The van der Waals surface area contributed by atoms with Crippen molar-refractivity contribution in [3.8, 4) is 22.6 Å². The Morgan fingerprint density at radius 1 is 0.704 bits per heavy atom. The second kappa shape index (κ2) is 6.57. The molecule has 2 heterocycles. The van der Waals surface area contributed by atoms with Crippen LogP contribution in [0.2, 0.25) is 0 Å². The third-order valence-corrected chi connectivity index (χ3v) is 4.72. The lowest BCUT2D eigenvalue weighted by Crippen LogP contribution is -1.86. The molecule has 130 valence electrons. The van der Waals surface area contributed by atoms with E-state index in [9.17, 15) is 0 Å². The Balaban J connectivity index is 1.39. The highest BCUT2D eigenvalue weighted by atomic mass is 16.4. The first-order valence-electron chi connectivity index (χ1n) is 8.90. The molecular weight excluding hydrogens is 334 g/mol. The minimum atomic E-state index is 0.546. The van der Waals surface area contributed by atoms with Gasteiger partial charge in [0, 0.05) is 22.7 Å². The Morgan fingerprint density at radius 2 is 1.41 bits per heavy atom. The highest BCUT2D eigenvalue weighted by Crippen LogP contribution is 2.25. The van der Waals surface area contributed by atoms with Crippen LogP contribution in [-0.2, 0) is 6.42 Å². The Bertz CT molecular complexity index is 1190. The van der Waals surface area contributed by atoms with Crippen molar-refractivity contribution < 1.29 is 4.42 Å². The average molecular weight is 351 g/mol. The Kier molecular flexibility index (Phi) is 3.79. The van der Waals surface area contributed by atoms with Gasteiger partial charge in [-0.15, -0.1) is 10.2 Å². The van der Waals surface area contributed by atoms with Crippen molar-refractivity contribution in [2.75, 3.05) is 0 Å². The van der Waals surface area contributed by atoms with Gasteiger partial charge in [-0.05, 0) is 34.9 Å². The molecule has 0 radical (unpaired) electrons. The smallest absolute Gasteiger partial charge is 0.247 e. The van der Waals surface area contributed by atoms with E-state index in [4.69, 9.17) is 4.42 Å². The predicted octanol–water partition coefficient (Wildman–Crippen LogP) is 5.48. The first-order chi connectivity index (χ1) is 13.4. The van der Waals surface area contributed by atoms with E-state index in [1.165, 1.54) is 10.9 Å². The third kappa shape index (κ3) is 3.02. The van der Waals surface area contributed by atoms with Crippen LogP contribution < -0.4 is 0 Å². The van der Waals surface area contributed by atoms with E-state index in [2.05, 4.69) is 51.6 Å². The van der Waals surface area contributed by atoms with Crippen LogP contribution in [-0.4, -0.2) is 15.2 Å². The number of nitrogens with one attached hydrogen (secondary N) is 1. The van der Waals surface area contributed by atoms with Gasteiger partial charge in [-0.2, -0.15) is 0 Å². The molecule has 0 spiro atoms. The van der Waals surface area contributed by atoms with E-state index in [0.29, 0.717) is 18.2 Å². The van der Waals surface area contributed by atoms with Gasteiger partial charge in [0.1, 0.15) is 0 Å². The molecule has 3 aromatic carbocycles. The highest BCUT2D eigenvalue weighted by Gasteiger charge is 2.12. The van der Waals surface area contributed by atoms with Gasteiger partial charge in [0.25, 0.3) is 0 Å². The van der Waals surface area contributed by atoms with Crippen LogP contribution in [0, 0.1) is 0 Å². The van der Waals surface area contributed by atoms with Crippen LogP contribution in [0.1, 0.15) is 11.5 Å². The predicted molar refractivity (Wildman–Crippen MR) is 106 cm³/mol. The van der Waals surface area contributed by atoms with E-state index in [1.54, 1.807) is 0 Å². The molecule has 0 aliphatic carbocycles. The van der Waals surface area contributed by atoms with E-state index in [-0.39, 0.29) is 0 Å². The van der Waals surface area contributed by atoms with Crippen LogP contribution in [0.15, 0.2) is 89.5 Å². The molecule has 5 rings (SSSR count). The molecule has 5 aromatic rings. The summed E-state index contributed by atoms with van der Waals surface area (Å²) in [6.45, 7) is 0. The maximum Gasteiger partial charge on any atom is 0.247 e. The van der Waals surface area contributed by atoms with E-state index in [1.807, 2.05) is 48.7 Å². The highest BCUT2D eigenvalue weighted by molar-refractivity contribution is 5.83. The second-order valence-corrected chi connectivity index (χ2v) is 6.48. The standard InChI is InChI=1S/C23H17N3O/c1-2-6-16(7-3-1)17-10-12-18(13-11-17)23-26-25-22(27-23)14-19-15-24-21-9-5-4-8-20(19)21/h1-13,15,24H,14H2. The molecule has 0 aliphatic rings. The van der Waals surface area contributed by atoms with Gasteiger partial charge >= 0.3 is 0 Å². The topological polar surface area (TPSA) is 54.7 Å². The van der Waals surface area contributed by atoms with Crippen molar-refractivity contribution in [2.24, 2.45) is 0 Å². The van der Waals surface area contributed by atoms with Gasteiger partial charge in [-0.1, -0.05) is 60.7 Å². The summed E-state index contributed by atoms with van der Waals surface area (Å²) in [7, 11) is 0. The first kappa shape index (κ1) is 15.6. The summed E-state index contributed by atoms with van der Waals surface area (Å²) in [5.74, 6) is 1.16. The zero-order valence-corrected chi connectivity index (χ0v) is 14.6. The molecule has 0 saturated heterocycles. The number of aromatic nitrogens is 3. The number of rotatable bonds is 4. The number of hydrogen-bond acceptors (Lipinski definition) is 3. The lowest BCUT2D eigenvalue weighted by Gasteiger charge is -2.02. The van der Waals surface area contributed by atoms with Crippen LogP contribution in [0.5, 0.6) is 0 Å². The molecule has 27 heavy (non-hydrogen) atoms. The van der Waals surface area contributed by atoms with Crippen LogP contribution in [0.4, 0.5) is 0 Å². The summed E-state index contributed by atoms with van der Waals surface area (Å²) in [5.41, 5.74) is 5.55. The lowest BCUT2D eigenvalue weighted by atomic mass is 10.0. The monoisotopic (exact) mass is 351 g/mol. The summed E-state index contributed by atoms with van der Waals surface area (Å²) in [4.78, 5) is 3.28. The molecule has 2 aromatic heterocycles. The van der Waals surface area contributed by atoms with Crippen molar-refractivity contribution in [1.82, 2.24) is 15.2 Å². The van der Waals surface area contributed by atoms with Crippen LogP contribution in [0.25, 0.3) is 33.5 Å². The van der Waals surface area contributed by atoms with Gasteiger partial charge in [-0.25, -0.2) is 0 Å². The minimum Gasteiger partial charge on any atom is -0.420 e. The molecule has 0 unspecified atom stereocenters. The molecular formula is C23H17N3O. The number of fused-ring (bicyclic) bond motifs is 1. The van der Waals surface area contributed by atoms with E-state index >= 15 is 0 Å². The maximum absolute atomic E-state index is 5.90. The molecule has 4 nitrogen and oxygen atoms in total. The summed E-state index contributed by atoms with van der Waals surface area (Å²) in [6.07, 6.45) is 2.61. The summed E-state index contributed by atoms with van der Waals surface area (Å²) in [6, 6.07) is 26.7. The number of hydrogen-bond donors (Lipinski definition) is 1. The Hall–Kier alpha value is -3.66. The fourth-order valence-corrected chi connectivity index (χ4v) is 3.32. The quantitative estimate of drug-likeness (QED) is 0.467. The zero-order valence-electron chi connectivity index (χ0n) is 14.6. The maximum atomic E-state index is 5.90. The normalized spacial score (nSPS) is 11.1. The van der Waals surface area contributed by atoms with Gasteiger partial charge in [-0.3, -0.25) is 0 Å². The summed E-state index contributed by atoms with van der Waals surface area (Å²) in [5, 5.41) is 9.63. The average Bonchev–Trinajstić information content (AvgIpc) is 3.37. The molecule has 0 aliphatic heterocycles. The molecule has 0 saturated carbocycles. The number of benzene rings is 3. The van der Waals surface area contributed by atoms with Crippen molar-refractivity contribution >= 4 is 10.9 Å². The third-order valence-electron chi connectivity index (χ3n) is 4.72. The molecule has 4 heteroatoms. The fraction of sp³-hybridized carbons (Fsp3) is 0.0435. The lowest BCUT2D eigenvalue weighted by molar-refractivity contribution is 0.518. The van der Waals surface area contributed by atoms with Gasteiger partial charge in [0.15, 0.2) is 0 Å². The van der Waals surface area contributed by atoms with Crippen LogP contribution in [0.3, 0.4) is 0 Å². The van der Waals surface area contributed by atoms with Gasteiger partial charge in [0.2, 0.25) is 11.8 Å². The molecule has 0 amide bonds. The van der Waals surface area contributed by atoms with Crippen LogP contribution >= 0.6 is 0 Å². The molecule has 0 bridgehead atoms. The minimum absolute atomic E-state index is 0.546. The summed E-state index contributed by atoms with van der Waals surface area (Å²) >= 11 is 0. The Morgan fingerprint density at radius 3 is 2.26 bits per heavy atom. The fourth-order valence-electron chi connectivity index (χ4n) is 3.32. The van der Waals surface area contributed by atoms with Gasteiger partial charge < -0.3 is 9.40 Å². The number of nitrogens with zero attached hydrogens (tertiary/aromatic N) is 2. The summed E-state index contributed by atoms with van der Waals surface area (Å²) < 4.78 is 5.90. The van der Waals surface area contributed by atoms with Crippen molar-refractivity contribution in [3.63, 3.8) is 0 Å². The van der Waals surface area contributed by atoms with Crippen molar-refractivity contribution in [1.29, 1.82) is 0 Å². The van der Waals surface area contributed by atoms with E-state index in [0.717, 1.165) is 22.2 Å². The number of para-hydroxylation sites is 1. The molecule has 1 N–H and O–H groups in total.